The number of hydrogen-bond donors (Lipinski definition) is 3. The van der Waals surface area contributed by atoms with E-state index >= 15 is 0 Å². The van der Waals surface area contributed by atoms with Gasteiger partial charge in [0.2, 0.25) is 11.8 Å². The van der Waals surface area contributed by atoms with Crippen molar-refractivity contribution in [2.45, 2.75) is 45.8 Å². The molecule has 0 saturated carbocycles. The molecule has 0 spiro atoms. The summed E-state index contributed by atoms with van der Waals surface area (Å²) in [7, 11) is 0. The van der Waals surface area contributed by atoms with Crippen molar-refractivity contribution >= 4 is 11.8 Å². The molecule has 0 aliphatic carbocycles. The highest BCUT2D eigenvalue weighted by Crippen LogP contribution is 2.07. The maximum atomic E-state index is 11.6. The number of amides is 2. The number of aliphatic hydroxyl groups is 1. The number of aliphatic hydroxyl groups excluding tert-OH is 1. The van der Waals surface area contributed by atoms with Crippen molar-refractivity contribution in [3.05, 3.63) is 0 Å². The summed E-state index contributed by atoms with van der Waals surface area (Å²) in [6.07, 6.45) is -0.707. The number of nitrogens with one attached hydrogen (secondary N) is 1. The molecule has 0 aliphatic rings. The Balaban J connectivity index is 4.46. The second kappa shape index (κ2) is 7.67. The molecular weight excluding hydrogens is 234 g/mol. The Labute approximate surface area is 107 Å². The predicted molar refractivity (Wildman–Crippen MR) is 66.0 cm³/mol. The van der Waals surface area contributed by atoms with Crippen LogP contribution in [-0.4, -0.2) is 29.1 Å². The number of carbonyl (C=O) groups excluding carboxylic acids is 2. The highest BCUT2D eigenvalue weighted by Gasteiger charge is 2.24. The highest BCUT2D eigenvalue weighted by molar-refractivity contribution is 5.88. The lowest BCUT2D eigenvalue weighted by Crippen LogP contribution is -2.48. The molecule has 0 fully saturated rings. The minimum Gasteiger partial charge on any atom is -0.383 e. The largest absolute Gasteiger partial charge is 0.383 e. The monoisotopic (exact) mass is 255 g/mol. The molecule has 0 heterocycles. The van der Waals surface area contributed by atoms with Crippen LogP contribution in [-0.2, 0) is 9.59 Å². The van der Waals surface area contributed by atoms with Gasteiger partial charge in [-0.3, -0.25) is 9.59 Å². The number of rotatable bonds is 7. The first-order valence-electron chi connectivity index (χ1n) is 5.95. The fraction of sp³-hybridized carbons (Fsp3) is 0.750. The van der Waals surface area contributed by atoms with E-state index in [0.29, 0.717) is 6.42 Å². The molecule has 2 amide bonds. The Bertz CT molecular complexity index is 336. The van der Waals surface area contributed by atoms with E-state index in [4.69, 9.17) is 11.0 Å². The summed E-state index contributed by atoms with van der Waals surface area (Å²) < 4.78 is 0. The fourth-order valence-electron chi connectivity index (χ4n) is 1.47. The number of hydrogen-bond acceptors (Lipinski definition) is 4. The van der Waals surface area contributed by atoms with Crippen LogP contribution in [0.15, 0.2) is 0 Å². The third kappa shape index (κ3) is 6.21. The number of nitrogens with zero attached hydrogens (tertiary/aromatic N) is 1. The summed E-state index contributed by atoms with van der Waals surface area (Å²) in [5.74, 6) is -1.57. The first kappa shape index (κ1) is 16.4. The van der Waals surface area contributed by atoms with Crippen molar-refractivity contribution in [2.24, 2.45) is 17.6 Å². The smallest absolute Gasteiger partial charge is 0.249 e. The standard InChI is InChI=1S/C12H21N3O3/c1-7(2)4-10(16)12(18)15-9(11(14)17)5-8(3)6-13/h7-10,16H,4-5H2,1-3H3,(H2,14,17)(H,15,18)/t8-,9-,10-/m1/s1. The van der Waals surface area contributed by atoms with Crippen LogP contribution in [0.25, 0.3) is 0 Å². The topological polar surface area (TPSA) is 116 Å². The van der Waals surface area contributed by atoms with Gasteiger partial charge in [-0.1, -0.05) is 13.8 Å². The SMILES string of the molecule is CC(C)C[C@@H](O)C(=O)N[C@H](C[C@@H](C)C#N)C(N)=O. The highest BCUT2D eigenvalue weighted by atomic mass is 16.3. The molecule has 0 aromatic rings. The van der Waals surface area contributed by atoms with Crippen molar-refractivity contribution in [1.29, 1.82) is 5.26 Å². The number of primary amides is 1. The van der Waals surface area contributed by atoms with Crippen molar-refractivity contribution in [2.75, 3.05) is 0 Å². The van der Waals surface area contributed by atoms with Gasteiger partial charge < -0.3 is 16.2 Å². The summed E-state index contributed by atoms with van der Waals surface area (Å²) >= 11 is 0. The van der Waals surface area contributed by atoms with E-state index in [1.165, 1.54) is 0 Å². The zero-order valence-corrected chi connectivity index (χ0v) is 11.0. The van der Waals surface area contributed by atoms with E-state index < -0.39 is 29.9 Å². The van der Waals surface area contributed by atoms with Crippen LogP contribution in [0.5, 0.6) is 0 Å². The van der Waals surface area contributed by atoms with Crippen LogP contribution in [0, 0.1) is 23.2 Å². The molecule has 0 aliphatic heterocycles. The molecule has 0 radical (unpaired) electrons. The molecule has 0 aromatic heterocycles. The van der Waals surface area contributed by atoms with E-state index in [2.05, 4.69) is 5.32 Å². The van der Waals surface area contributed by atoms with Gasteiger partial charge in [-0.2, -0.15) is 5.26 Å². The quantitative estimate of drug-likeness (QED) is 0.589. The molecule has 6 nitrogen and oxygen atoms in total. The van der Waals surface area contributed by atoms with Gasteiger partial charge in [0, 0.05) is 5.92 Å². The summed E-state index contributed by atoms with van der Waals surface area (Å²) in [6.45, 7) is 5.38. The van der Waals surface area contributed by atoms with E-state index in [-0.39, 0.29) is 12.3 Å². The van der Waals surface area contributed by atoms with E-state index in [0.717, 1.165) is 0 Å². The molecule has 0 rings (SSSR count). The minimum atomic E-state index is -1.16. The molecule has 102 valence electrons. The van der Waals surface area contributed by atoms with Crippen molar-refractivity contribution in [3.63, 3.8) is 0 Å². The molecule has 18 heavy (non-hydrogen) atoms. The van der Waals surface area contributed by atoms with Gasteiger partial charge in [-0.05, 0) is 25.7 Å². The van der Waals surface area contributed by atoms with Gasteiger partial charge in [-0.15, -0.1) is 0 Å². The normalized spacial score (nSPS) is 15.6. The molecule has 0 unspecified atom stereocenters. The van der Waals surface area contributed by atoms with Crippen LogP contribution in [0.4, 0.5) is 0 Å². The van der Waals surface area contributed by atoms with Crippen molar-refractivity contribution in [1.82, 2.24) is 5.32 Å². The summed E-state index contributed by atoms with van der Waals surface area (Å²) in [4.78, 5) is 22.8. The van der Waals surface area contributed by atoms with Gasteiger partial charge in [0.15, 0.2) is 0 Å². The van der Waals surface area contributed by atoms with E-state index in [9.17, 15) is 14.7 Å². The van der Waals surface area contributed by atoms with E-state index in [1.54, 1.807) is 6.92 Å². The first-order chi connectivity index (χ1) is 8.27. The summed E-state index contributed by atoms with van der Waals surface area (Å²) in [5.41, 5.74) is 5.14. The van der Waals surface area contributed by atoms with Gasteiger partial charge in [0.1, 0.15) is 12.1 Å². The minimum absolute atomic E-state index is 0.145. The van der Waals surface area contributed by atoms with E-state index in [1.807, 2.05) is 19.9 Å². The lowest BCUT2D eigenvalue weighted by Gasteiger charge is -2.19. The van der Waals surface area contributed by atoms with Gasteiger partial charge in [0.25, 0.3) is 0 Å². The van der Waals surface area contributed by atoms with Crippen LogP contribution in [0.1, 0.15) is 33.6 Å². The Kier molecular flexibility index (Phi) is 6.98. The maximum Gasteiger partial charge on any atom is 0.249 e. The second-order valence-corrected chi connectivity index (χ2v) is 4.87. The van der Waals surface area contributed by atoms with Gasteiger partial charge in [0.05, 0.1) is 6.07 Å². The second-order valence-electron chi connectivity index (χ2n) is 4.87. The Hall–Kier alpha value is -1.61. The van der Waals surface area contributed by atoms with Crippen molar-refractivity contribution in [3.8, 4) is 6.07 Å². The lowest BCUT2D eigenvalue weighted by atomic mass is 10.0. The van der Waals surface area contributed by atoms with Crippen LogP contribution >= 0.6 is 0 Å². The number of carbonyl (C=O) groups is 2. The fourth-order valence-corrected chi connectivity index (χ4v) is 1.47. The first-order valence-corrected chi connectivity index (χ1v) is 5.95. The van der Waals surface area contributed by atoms with Crippen molar-refractivity contribution < 1.29 is 14.7 Å². The molecule has 6 heteroatoms. The number of nitrogens with two attached hydrogens (primary N) is 1. The zero-order valence-electron chi connectivity index (χ0n) is 11.0. The summed E-state index contributed by atoms with van der Waals surface area (Å²) in [6, 6.07) is 1.04. The molecule has 0 bridgehead atoms. The molecule has 3 atom stereocenters. The lowest BCUT2D eigenvalue weighted by molar-refractivity contribution is -0.134. The average molecular weight is 255 g/mol. The van der Waals surface area contributed by atoms with Gasteiger partial charge in [-0.25, -0.2) is 0 Å². The number of nitriles is 1. The predicted octanol–water partition coefficient (Wildman–Crippen LogP) is -0.0867. The maximum absolute atomic E-state index is 11.6. The molecule has 0 saturated heterocycles. The zero-order chi connectivity index (χ0) is 14.3. The third-order valence-electron chi connectivity index (χ3n) is 2.47. The Morgan fingerprint density at radius 1 is 1.33 bits per heavy atom. The molecule has 4 N–H and O–H groups in total. The van der Waals surface area contributed by atoms with Gasteiger partial charge >= 0.3 is 0 Å². The Morgan fingerprint density at radius 2 is 1.89 bits per heavy atom. The average Bonchev–Trinajstić information content (AvgIpc) is 2.26. The molecular formula is C12H21N3O3. The van der Waals surface area contributed by atoms with Crippen LogP contribution < -0.4 is 11.1 Å². The third-order valence-corrected chi connectivity index (χ3v) is 2.47. The Morgan fingerprint density at radius 3 is 2.28 bits per heavy atom. The van der Waals surface area contributed by atoms with Crippen LogP contribution in [0.2, 0.25) is 0 Å². The molecule has 0 aromatic carbocycles. The summed E-state index contributed by atoms with van der Waals surface area (Å²) in [5, 5.41) is 20.6. The van der Waals surface area contributed by atoms with Crippen LogP contribution in [0.3, 0.4) is 0 Å².